The lowest BCUT2D eigenvalue weighted by Gasteiger charge is -2.17. The first-order valence-corrected chi connectivity index (χ1v) is 6.48. The third-order valence-electron chi connectivity index (χ3n) is 2.95. The molecule has 0 saturated carbocycles. The number of carbonyl (C=O) groups is 1. The van der Waals surface area contributed by atoms with Gasteiger partial charge in [0.2, 0.25) is 0 Å². The summed E-state index contributed by atoms with van der Waals surface area (Å²) in [5.74, 6) is 0.169. The van der Waals surface area contributed by atoms with Gasteiger partial charge < -0.3 is 19.6 Å². The van der Waals surface area contributed by atoms with E-state index in [1.54, 1.807) is 24.1 Å². The highest BCUT2D eigenvalue weighted by Crippen LogP contribution is 2.14. The summed E-state index contributed by atoms with van der Waals surface area (Å²) in [6.45, 7) is 0.521. The van der Waals surface area contributed by atoms with E-state index in [2.05, 4.69) is 0 Å². The monoisotopic (exact) mass is 285 g/mol. The molecule has 0 aromatic heterocycles. The highest BCUT2D eigenvalue weighted by atomic mass is 16.6. The number of carbonyl (C=O) groups excluding carboxylic acids is 1. The molecule has 0 spiro atoms. The van der Waals surface area contributed by atoms with Gasteiger partial charge in [0.15, 0.2) is 0 Å². The molecule has 0 unspecified atom stereocenters. The average molecular weight is 285 g/mol. The Morgan fingerprint density at radius 1 is 1.10 bits per heavy atom. The maximum absolute atomic E-state index is 12.3. The van der Waals surface area contributed by atoms with Crippen molar-refractivity contribution in [3.63, 3.8) is 0 Å². The number of rotatable bonds is 5. The third kappa shape index (κ3) is 4.34. The molecule has 2 rings (SSSR count). The second-order valence-electron chi connectivity index (χ2n) is 4.62. The molecule has 0 fully saturated rings. The summed E-state index contributed by atoms with van der Waals surface area (Å²) in [4.78, 5) is 13.9. The van der Waals surface area contributed by atoms with Gasteiger partial charge in [-0.15, -0.1) is 0 Å². The van der Waals surface area contributed by atoms with E-state index >= 15 is 0 Å². The minimum absolute atomic E-state index is 0.116. The standard InChI is InChI=1S/C15H16BNO4/c1-17(11-12-5-3-2-4-6-12)15(18)13-7-9-14(10-8-13)21-16(19)20/h2-10,19-20H,11H2,1H3. The minimum atomic E-state index is -1.87. The molecule has 1 amide bonds. The van der Waals surface area contributed by atoms with Gasteiger partial charge in [-0.2, -0.15) is 0 Å². The average Bonchev–Trinajstić information content (AvgIpc) is 2.47. The Morgan fingerprint density at radius 2 is 1.71 bits per heavy atom. The molecular formula is C15H16BNO4. The van der Waals surface area contributed by atoms with Crippen LogP contribution in [0, 0.1) is 0 Å². The van der Waals surface area contributed by atoms with Gasteiger partial charge in [-0.25, -0.2) is 0 Å². The largest absolute Gasteiger partial charge is 0.707 e. The zero-order valence-electron chi connectivity index (χ0n) is 11.6. The second-order valence-corrected chi connectivity index (χ2v) is 4.62. The van der Waals surface area contributed by atoms with E-state index in [0.717, 1.165) is 5.56 Å². The smallest absolute Gasteiger partial charge is 0.512 e. The summed E-state index contributed by atoms with van der Waals surface area (Å²) in [6, 6.07) is 15.9. The molecule has 2 aromatic carbocycles. The van der Waals surface area contributed by atoms with Crippen LogP contribution in [0.3, 0.4) is 0 Å². The fourth-order valence-corrected chi connectivity index (χ4v) is 1.95. The molecule has 0 atom stereocenters. The molecule has 0 aliphatic rings. The lowest BCUT2D eigenvalue weighted by Crippen LogP contribution is -2.26. The van der Waals surface area contributed by atoms with E-state index in [-0.39, 0.29) is 11.7 Å². The molecule has 108 valence electrons. The number of amides is 1. The topological polar surface area (TPSA) is 70.0 Å². The van der Waals surface area contributed by atoms with Crippen molar-refractivity contribution >= 4 is 13.2 Å². The third-order valence-corrected chi connectivity index (χ3v) is 2.95. The van der Waals surface area contributed by atoms with Crippen LogP contribution in [-0.2, 0) is 6.54 Å². The molecule has 0 heterocycles. The van der Waals surface area contributed by atoms with Gasteiger partial charge in [0.05, 0.1) is 0 Å². The van der Waals surface area contributed by atoms with Crippen LogP contribution in [0.5, 0.6) is 5.75 Å². The second kappa shape index (κ2) is 6.92. The Morgan fingerprint density at radius 3 is 2.29 bits per heavy atom. The zero-order chi connectivity index (χ0) is 15.2. The van der Waals surface area contributed by atoms with E-state index < -0.39 is 7.32 Å². The predicted molar refractivity (Wildman–Crippen MR) is 79.5 cm³/mol. The van der Waals surface area contributed by atoms with Crippen molar-refractivity contribution in [1.29, 1.82) is 0 Å². The van der Waals surface area contributed by atoms with Gasteiger partial charge in [-0.3, -0.25) is 4.79 Å². The summed E-state index contributed by atoms with van der Waals surface area (Å²) < 4.78 is 4.69. The lowest BCUT2D eigenvalue weighted by molar-refractivity contribution is 0.0785. The molecule has 0 aliphatic carbocycles. The number of hydrogen-bond donors (Lipinski definition) is 2. The van der Waals surface area contributed by atoms with Crippen molar-refractivity contribution in [1.82, 2.24) is 4.90 Å². The fraction of sp³-hybridized carbons (Fsp3) is 0.133. The Kier molecular flexibility index (Phi) is 4.97. The minimum Gasteiger partial charge on any atom is -0.512 e. The summed E-state index contributed by atoms with van der Waals surface area (Å²) in [5, 5.41) is 17.4. The number of benzene rings is 2. The summed E-state index contributed by atoms with van der Waals surface area (Å²) >= 11 is 0. The summed E-state index contributed by atoms with van der Waals surface area (Å²) in [6.07, 6.45) is 0. The molecule has 0 radical (unpaired) electrons. The van der Waals surface area contributed by atoms with Crippen LogP contribution >= 0.6 is 0 Å². The van der Waals surface area contributed by atoms with Crippen LogP contribution < -0.4 is 4.65 Å². The number of nitrogens with zero attached hydrogens (tertiary/aromatic N) is 1. The van der Waals surface area contributed by atoms with Gasteiger partial charge in [-0.1, -0.05) is 30.3 Å². The van der Waals surface area contributed by atoms with Crippen molar-refractivity contribution in [3.05, 3.63) is 65.7 Å². The molecule has 0 bridgehead atoms. The van der Waals surface area contributed by atoms with Gasteiger partial charge in [0.1, 0.15) is 5.75 Å². The highest BCUT2D eigenvalue weighted by Gasteiger charge is 2.14. The zero-order valence-corrected chi connectivity index (χ0v) is 11.6. The summed E-state index contributed by atoms with van der Waals surface area (Å²) in [5.41, 5.74) is 1.56. The van der Waals surface area contributed by atoms with Crippen molar-refractivity contribution in [2.45, 2.75) is 6.54 Å². The quantitative estimate of drug-likeness (QED) is 0.813. The first-order valence-electron chi connectivity index (χ1n) is 6.48. The predicted octanol–water partition coefficient (Wildman–Crippen LogP) is 1.31. The van der Waals surface area contributed by atoms with Crippen LogP contribution in [0.15, 0.2) is 54.6 Å². The van der Waals surface area contributed by atoms with Gasteiger partial charge in [-0.05, 0) is 29.8 Å². The van der Waals surface area contributed by atoms with Crippen molar-refractivity contribution in [2.24, 2.45) is 0 Å². The van der Waals surface area contributed by atoms with Crippen molar-refractivity contribution < 1.29 is 19.5 Å². The first-order chi connectivity index (χ1) is 10.1. The van der Waals surface area contributed by atoms with Crippen molar-refractivity contribution in [2.75, 3.05) is 7.05 Å². The molecular weight excluding hydrogens is 269 g/mol. The van der Waals surface area contributed by atoms with Crippen molar-refractivity contribution in [3.8, 4) is 5.75 Å². The van der Waals surface area contributed by atoms with Gasteiger partial charge in [0, 0.05) is 19.2 Å². The van der Waals surface area contributed by atoms with Crippen LogP contribution in [0.2, 0.25) is 0 Å². The van der Waals surface area contributed by atoms with Crippen LogP contribution in [0.4, 0.5) is 0 Å². The van der Waals surface area contributed by atoms with E-state index in [0.29, 0.717) is 12.1 Å². The fourth-order valence-electron chi connectivity index (χ4n) is 1.95. The van der Waals surface area contributed by atoms with E-state index in [1.165, 1.54) is 12.1 Å². The Bertz CT molecular complexity index is 586. The molecule has 6 heteroatoms. The molecule has 0 aliphatic heterocycles. The maximum atomic E-state index is 12.3. The van der Waals surface area contributed by atoms with E-state index in [1.807, 2.05) is 30.3 Å². The van der Waals surface area contributed by atoms with E-state index in [4.69, 9.17) is 14.7 Å². The molecule has 5 nitrogen and oxygen atoms in total. The molecule has 21 heavy (non-hydrogen) atoms. The maximum Gasteiger partial charge on any atom is 0.707 e. The highest BCUT2D eigenvalue weighted by molar-refractivity contribution is 6.33. The summed E-state index contributed by atoms with van der Waals surface area (Å²) in [7, 11) is -0.135. The van der Waals surface area contributed by atoms with Gasteiger partial charge in [0.25, 0.3) is 5.91 Å². The molecule has 2 N–H and O–H groups in total. The Hall–Kier alpha value is -2.31. The molecule has 0 saturated heterocycles. The van der Waals surface area contributed by atoms with Crippen LogP contribution in [0.1, 0.15) is 15.9 Å². The van der Waals surface area contributed by atoms with Gasteiger partial charge >= 0.3 is 7.32 Å². The van der Waals surface area contributed by atoms with Crippen LogP contribution in [0.25, 0.3) is 0 Å². The normalized spacial score (nSPS) is 10.0. The molecule has 2 aromatic rings. The first kappa shape index (κ1) is 15.1. The SMILES string of the molecule is CN(Cc1ccccc1)C(=O)c1ccc(OB(O)O)cc1. The number of hydrogen-bond acceptors (Lipinski definition) is 4. The lowest BCUT2D eigenvalue weighted by atomic mass is 10.1. The Labute approximate surface area is 123 Å². The Balaban J connectivity index is 2.02. The van der Waals surface area contributed by atoms with E-state index in [9.17, 15) is 4.79 Å². The van der Waals surface area contributed by atoms with Crippen LogP contribution in [-0.4, -0.2) is 35.2 Å².